The van der Waals surface area contributed by atoms with Crippen LogP contribution in [0.3, 0.4) is 0 Å². The molecule has 1 fully saturated rings. The number of ether oxygens (including phenoxy) is 7. The van der Waals surface area contributed by atoms with Crippen LogP contribution < -0.4 is 10.1 Å². The maximum Gasteiger partial charge on any atom is 0.408 e. The van der Waals surface area contributed by atoms with Crippen molar-refractivity contribution in [1.82, 2.24) is 5.32 Å². The summed E-state index contributed by atoms with van der Waals surface area (Å²) in [7, 11) is 1.28. The minimum Gasteiger partial charge on any atom is -0.467 e. The van der Waals surface area contributed by atoms with Gasteiger partial charge in [-0.05, 0) is 62.1 Å². The van der Waals surface area contributed by atoms with Gasteiger partial charge < -0.3 is 38.5 Å². The van der Waals surface area contributed by atoms with Gasteiger partial charge in [0.05, 0.1) is 33.0 Å². The number of methoxy groups -OCH3 is 1. The first kappa shape index (κ1) is 38.5. The van der Waals surface area contributed by atoms with Crippen molar-refractivity contribution in [2.45, 2.75) is 96.3 Å². The van der Waals surface area contributed by atoms with E-state index in [0.717, 1.165) is 22.3 Å². The number of hydrogen-bond donors (Lipinski definition) is 1. The topological polar surface area (TPSA) is 111 Å². The monoisotopic (exact) mass is 711 g/mol. The molecule has 0 bridgehead atoms. The Hall–Kier alpha value is -4.74. The fourth-order valence-electron chi connectivity index (χ4n) is 5.82. The summed E-state index contributed by atoms with van der Waals surface area (Å²) in [5.41, 5.74) is 3.10. The largest absolute Gasteiger partial charge is 0.467 e. The molecule has 276 valence electrons. The maximum atomic E-state index is 12.5. The summed E-state index contributed by atoms with van der Waals surface area (Å²) in [6, 6.07) is 36.1. The molecule has 1 aliphatic heterocycles. The second kappa shape index (κ2) is 18.7. The molecule has 0 aliphatic carbocycles. The SMILES string of the molecule is COC(=O)[C@H](Cc1ccc(O[C@@H]2O[C@@H](C)[C@@H](OCc3ccccc3)[C@@H](OCc3ccccc3)[C@@H]2OCc2ccccc2)cc1)NC(=O)OC(C)(C)C. The normalized spacial score (nSPS) is 20.8. The van der Waals surface area contributed by atoms with Gasteiger partial charge in [-0.3, -0.25) is 0 Å². The molecular weight excluding hydrogens is 662 g/mol. The molecule has 1 heterocycles. The molecule has 10 nitrogen and oxygen atoms in total. The van der Waals surface area contributed by atoms with Crippen LogP contribution in [0.1, 0.15) is 49.9 Å². The number of hydrogen-bond acceptors (Lipinski definition) is 9. The molecule has 1 N–H and O–H groups in total. The zero-order chi connectivity index (χ0) is 36.9. The van der Waals surface area contributed by atoms with Crippen LogP contribution in [0.2, 0.25) is 0 Å². The number of amides is 1. The lowest BCUT2D eigenvalue weighted by atomic mass is 9.98. The van der Waals surface area contributed by atoms with Crippen LogP contribution >= 0.6 is 0 Å². The van der Waals surface area contributed by atoms with Crippen LogP contribution in [0.5, 0.6) is 5.75 Å². The molecule has 52 heavy (non-hydrogen) atoms. The van der Waals surface area contributed by atoms with E-state index in [1.807, 2.05) is 110 Å². The predicted octanol–water partition coefficient (Wildman–Crippen LogP) is 7.18. The lowest BCUT2D eigenvalue weighted by Crippen LogP contribution is -2.60. The van der Waals surface area contributed by atoms with Gasteiger partial charge in [0.2, 0.25) is 6.29 Å². The van der Waals surface area contributed by atoms with E-state index in [1.54, 1.807) is 32.9 Å². The Morgan fingerprint density at radius 3 is 1.63 bits per heavy atom. The molecule has 5 rings (SSSR count). The smallest absolute Gasteiger partial charge is 0.408 e. The molecule has 1 aliphatic rings. The number of esters is 1. The number of benzene rings is 4. The third-order valence-electron chi connectivity index (χ3n) is 8.38. The number of alkyl carbamates (subject to hydrolysis) is 1. The number of nitrogens with one attached hydrogen (secondary N) is 1. The molecule has 0 saturated carbocycles. The molecule has 1 amide bonds. The van der Waals surface area contributed by atoms with Crippen molar-refractivity contribution >= 4 is 12.1 Å². The van der Waals surface area contributed by atoms with Crippen molar-refractivity contribution in [3.8, 4) is 5.75 Å². The van der Waals surface area contributed by atoms with Crippen LogP contribution in [-0.2, 0) is 59.5 Å². The molecule has 0 spiro atoms. The Balaban J connectivity index is 1.36. The number of rotatable bonds is 15. The van der Waals surface area contributed by atoms with Crippen molar-refractivity contribution in [3.63, 3.8) is 0 Å². The highest BCUT2D eigenvalue weighted by Gasteiger charge is 2.48. The van der Waals surface area contributed by atoms with E-state index in [9.17, 15) is 9.59 Å². The Labute approximate surface area is 306 Å². The van der Waals surface area contributed by atoms with E-state index in [2.05, 4.69) is 5.32 Å². The van der Waals surface area contributed by atoms with E-state index < -0.39 is 54.4 Å². The number of carbonyl (C=O) groups is 2. The Morgan fingerprint density at radius 2 is 1.15 bits per heavy atom. The van der Waals surface area contributed by atoms with Gasteiger partial charge in [0.15, 0.2) is 0 Å². The fraction of sp³-hybridized carbons (Fsp3) is 0.381. The van der Waals surface area contributed by atoms with Gasteiger partial charge in [-0.2, -0.15) is 0 Å². The zero-order valence-corrected chi connectivity index (χ0v) is 30.4. The summed E-state index contributed by atoms with van der Waals surface area (Å²) < 4.78 is 43.1. The summed E-state index contributed by atoms with van der Waals surface area (Å²) >= 11 is 0. The standard InChI is InChI=1S/C42H49NO9/c1-29-36(47-26-31-15-9-6-10-16-31)37(48-27-32-17-11-7-12-18-32)38(49-28-33-19-13-8-14-20-33)40(50-29)51-34-23-21-30(22-24-34)25-35(39(44)46-5)43-41(45)52-42(2,3)4/h6-24,29,35-38,40H,25-28H2,1-5H3,(H,43,45)/t29-,35-,36+,37+,38-,40-/m0/s1. The third kappa shape index (κ3) is 11.6. The van der Waals surface area contributed by atoms with E-state index in [4.69, 9.17) is 33.2 Å². The van der Waals surface area contributed by atoms with E-state index in [-0.39, 0.29) is 6.42 Å². The van der Waals surface area contributed by atoms with Crippen molar-refractivity contribution in [2.24, 2.45) is 0 Å². The molecule has 0 radical (unpaired) electrons. The summed E-state index contributed by atoms with van der Waals surface area (Å²) in [5.74, 6) is -0.0609. The minimum absolute atomic E-state index is 0.182. The number of carbonyl (C=O) groups excluding carboxylic acids is 2. The Bertz CT molecular complexity index is 1660. The van der Waals surface area contributed by atoms with Crippen molar-refractivity contribution in [1.29, 1.82) is 0 Å². The average Bonchev–Trinajstić information content (AvgIpc) is 3.14. The molecule has 10 heteroatoms. The summed E-state index contributed by atoms with van der Waals surface area (Å²) in [6.45, 7) is 8.23. The van der Waals surface area contributed by atoms with Crippen molar-refractivity contribution < 1.29 is 42.7 Å². The van der Waals surface area contributed by atoms with E-state index in [1.165, 1.54) is 7.11 Å². The summed E-state index contributed by atoms with van der Waals surface area (Å²) in [4.78, 5) is 25.0. The first-order chi connectivity index (χ1) is 25.1. The summed E-state index contributed by atoms with van der Waals surface area (Å²) in [6.07, 6.45) is -3.49. The van der Waals surface area contributed by atoms with E-state index in [0.29, 0.717) is 25.6 Å². The van der Waals surface area contributed by atoms with Crippen LogP contribution in [-0.4, -0.2) is 61.5 Å². The molecular formula is C42H49NO9. The second-order valence-electron chi connectivity index (χ2n) is 13.7. The van der Waals surface area contributed by atoms with Gasteiger partial charge >= 0.3 is 12.1 Å². The predicted molar refractivity (Wildman–Crippen MR) is 195 cm³/mol. The van der Waals surface area contributed by atoms with Crippen molar-refractivity contribution in [3.05, 3.63) is 138 Å². The lowest BCUT2D eigenvalue weighted by Gasteiger charge is -2.45. The van der Waals surface area contributed by atoms with Crippen molar-refractivity contribution in [2.75, 3.05) is 7.11 Å². The van der Waals surface area contributed by atoms with Gasteiger partial charge in [0.25, 0.3) is 0 Å². The zero-order valence-electron chi connectivity index (χ0n) is 30.4. The van der Waals surface area contributed by atoms with E-state index >= 15 is 0 Å². The van der Waals surface area contributed by atoms with Gasteiger partial charge in [-0.15, -0.1) is 0 Å². The quantitative estimate of drug-likeness (QED) is 0.128. The average molecular weight is 712 g/mol. The summed E-state index contributed by atoms with van der Waals surface area (Å²) in [5, 5.41) is 2.62. The first-order valence-corrected chi connectivity index (χ1v) is 17.5. The molecule has 4 aromatic rings. The molecule has 6 atom stereocenters. The highest BCUT2D eigenvalue weighted by Crippen LogP contribution is 2.32. The molecule has 4 aromatic carbocycles. The molecule has 1 saturated heterocycles. The van der Waals surface area contributed by atoms with Gasteiger partial charge in [-0.1, -0.05) is 103 Å². The second-order valence-corrected chi connectivity index (χ2v) is 13.7. The first-order valence-electron chi connectivity index (χ1n) is 17.5. The van der Waals surface area contributed by atoms with Crippen LogP contribution in [0.15, 0.2) is 115 Å². The fourth-order valence-corrected chi connectivity index (χ4v) is 5.82. The van der Waals surface area contributed by atoms with Gasteiger partial charge in [0, 0.05) is 6.42 Å². The third-order valence-corrected chi connectivity index (χ3v) is 8.38. The van der Waals surface area contributed by atoms with Crippen LogP contribution in [0.4, 0.5) is 4.79 Å². The highest BCUT2D eigenvalue weighted by molar-refractivity contribution is 5.81. The van der Waals surface area contributed by atoms with Crippen LogP contribution in [0.25, 0.3) is 0 Å². The minimum atomic E-state index is -0.944. The molecule has 0 aromatic heterocycles. The lowest BCUT2D eigenvalue weighted by molar-refractivity contribution is -0.300. The maximum absolute atomic E-state index is 12.5. The highest BCUT2D eigenvalue weighted by atomic mass is 16.7. The van der Waals surface area contributed by atoms with Gasteiger partial charge in [-0.25, -0.2) is 9.59 Å². The van der Waals surface area contributed by atoms with Gasteiger partial charge in [0.1, 0.15) is 35.7 Å². The Kier molecular flexibility index (Phi) is 13.8. The Morgan fingerprint density at radius 1 is 0.673 bits per heavy atom. The molecule has 0 unspecified atom stereocenters. The van der Waals surface area contributed by atoms with Crippen LogP contribution in [0, 0.1) is 0 Å².